The minimum atomic E-state index is -1.57. The number of benzene rings is 1. The second-order valence-corrected chi connectivity index (χ2v) is 14.9. The van der Waals surface area contributed by atoms with Gasteiger partial charge in [0.05, 0.1) is 28.8 Å². The van der Waals surface area contributed by atoms with Crippen LogP contribution in [0.15, 0.2) is 33.9 Å². The molecule has 11 nitrogen and oxygen atoms in total. The first-order chi connectivity index (χ1) is 23.7. The third-order valence-electron chi connectivity index (χ3n) is 11.4. The van der Waals surface area contributed by atoms with E-state index in [-0.39, 0.29) is 39.5 Å². The number of hydrogen-bond acceptors (Lipinski definition) is 9. The molecule has 1 aliphatic carbocycles. The maximum absolute atomic E-state index is 16.6. The number of H-pyrrole nitrogens is 2. The lowest BCUT2D eigenvalue weighted by molar-refractivity contribution is -0.101. The van der Waals surface area contributed by atoms with Crippen molar-refractivity contribution in [3.63, 3.8) is 0 Å². The molecule has 0 atom stereocenters. The molecule has 7 heterocycles. The van der Waals surface area contributed by atoms with E-state index < -0.39 is 17.0 Å². The van der Waals surface area contributed by atoms with Crippen LogP contribution in [0.4, 0.5) is 8.78 Å². The van der Waals surface area contributed by atoms with Crippen molar-refractivity contribution in [2.75, 3.05) is 32.8 Å². The summed E-state index contributed by atoms with van der Waals surface area (Å²) in [6.45, 7) is 4.24. The van der Waals surface area contributed by atoms with Crippen molar-refractivity contribution in [2.24, 2.45) is 5.41 Å². The second kappa shape index (κ2) is 11.6. The number of hydrogen-bond donors (Lipinski definition) is 3. The molecule has 3 aliphatic heterocycles. The lowest BCUT2D eigenvalue weighted by Crippen LogP contribution is -2.54. The Balaban J connectivity index is 1.02. The number of aromatic amines is 2. The molecule has 3 N–H and O–H groups in total. The number of nitrogens with one attached hydrogen (secondary N) is 3. The van der Waals surface area contributed by atoms with Gasteiger partial charge >= 0.3 is 0 Å². The van der Waals surface area contributed by atoms with E-state index in [0.29, 0.717) is 65.1 Å². The van der Waals surface area contributed by atoms with Crippen molar-refractivity contribution >= 4 is 33.4 Å². The van der Waals surface area contributed by atoms with Gasteiger partial charge in [-0.1, -0.05) is 11.6 Å². The van der Waals surface area contributed by atoms with E-state index in [1.165, 1.54) is 6.20 Å². The zero-order chi connectivity index (χ0) is 33.4. The largest absolute Gasteiger partial charge is 0.463 e. The predicted octanol–water partition coefficient (Wildman–Crippen LogP) is 5.76. The molecule has 9 rings (SSSR count). The van der Waals surface area contributed by atoms with Gasteiger partial charge in [0.25, 0.3) is 11.6 Å². The molecule has 1 saturated carbocycles. The minimum Gasteiger partial charge on any atom is -0.463 e. The summed E-state index contributed by atoms with van der Waals surface area (Å²) in [6.07, 6.45) is 12.2. The van der Waals surface area contributed by atoms with Crippen LogP contribution in [0.2, 0.25) is 5.02 Å². The highest BCUT2D eigenvalue weighted by molar-refractivity contribution is 6.33. The summed E-state index contributed by atoms with van der Waals surface area (Å²) in [5.41, 5.74) is -0.727. The van der Waals surface area contributed by atoms with Gasteiger partial charge in [-0.25, -0.2) is 13.8 Å². The maximum atomic E-state index is 16.6. The van der Waals surface area contributed by atoms with Gasteiger partial charge in [0, 0.05) is 35.1 Å². The van der Waals surface area contributed by atoms with E-state index in [2.05, 4.69) is 40.3 Å². The first kappa shape index (κ1) is 31.1. The van der Waals surface area contributed by atoms with Gasteiger partial charge in [-0.3, -0.25) is 24.8 Å². The number of aromatic nitrogens is 6. The van der Waals surface area contributed by atoms with Crippen molar-refractivity contribution < 1.29 is 17.9 Å². The molecule has 1 spiro atoms. The van der Waals surface area contributed by atoms with Crippen LogP contribution in [0.3, 0.4) is 0 Å². The maximum Gasteiger partial charge on any atom is 0.297 e. The van der Waals surface area contributed by atoms with Crippen LogP contribution in [0.25, 0.3) is 33.1 Å². The Morgan fingerprint density at radius 2 is 1.88 bits per heavy atom. The molecule has 0 bridgehead atoms. The van der Waals surface area contributed by atoms with Crippen LogP contribution in [-0.2, 0) is 18.5 Å². The average molecular weight is 691 g/mol. The van der Waals surface area contributed by atoms with Crippen LogP contribution in [0.1, 0.15) is 68.6 Å². The van der Waals surface area contributed by atoms with E-state index in [1.54, 1.807) is 18.5 Å². The number of fused-ring (bicyclic) bond motifs is 3. The van der Waals surface area contributed by atoms with Gasteiger partial charge in [0.1, 0.15) is 23.6 Å². The molecule has 5 aromatic rings. The second-order valence-electron chi connectivity index (χ2n) is 14.5. The fourth-order valence-electron chi connectivity index (χ4n) is 9.07. The number of pyridine rings is 1. The quantitative estimate of drug-likeness (QED) is 0.186. The molecule has 4 aromatic heterocycles. The van der Waals surface area contributed by atoms with E-state index in [1.807, 2.05) is 0 Å². The summed E-state index contributed by atoms with van der Waals surface area (Å²) < 4.78 is 44.5. The van der Waals surface area contributed by atoms with Crippen molar-refractivity contribution in [1.29, 1.82) is 0 Å². The fourth-order valence-corrected chi connectivity index (χ4v) is 9.37. The number of piperidine rings is 1. The van der Waals surface area contributed by atoms with Gasteiger partial charge in [-0.05, 0) is 94.5 Å². The van der Waals surface area contributed by atoms with Crippen LogP contribution in [0, 0.1) is 11.2 Å². The number of oxazole rings is 1. The molecule has 4 fully saturated rings. The number of ether oxygens (including phenoxy) is 1. The molecular formula is C35H37ClF2N8O3. The lowest BCUT2D eigenvalue weighted by Gasteiger charge is -2.52. The Morgan fingerprint density at radius 1 is 1.04 bits per heavy atom. The molecule has 14 heteroatoms. The number of rotatable bonds is 8. The van der Waals surface area contributed by atoms with Crippen LogP contribution < -0.4 is 15.6 Å². The summed E-state index contributed by atoms with van der Waals surface area (Å²) in [4.78, 5) is 31.4. The van der Waals surface area contributed by atoms with E-state index in [0.717, 1.165) is 64.7 Å². The van der Waals surface area contributed by atoms with Crippen LogP contribution >= 0.6 is 11.6 Å². The predicted molar refractivity (Wildman–Crippen MR) is 179 cm³/mol. The Bertz CT molecular complexity index is 2120. The minimum absolute atomic E-state index is 0.0123. The fraction of sp³-hybridized carbons (Fsp3) is 0.514. The zero-order valence-electron chi connectivity index (χ0n) is 27.0. The van der Waals surface area contributed by atoms with Crippen LogP contribution in [0.5, 0.6) is 6.01 Å². The first-order valence-corrected chi connectivity index (χ1v) is 17.6. The number of nitrogens with zero attached hydrogens (tertiary/aromatic N) is 5. The standard InChI is InChI=1S/C35H37ClF2N8O3/c36-24-12-25-22(15-42-45-25)26(21(24)5-4-20-13-41-31(49-20)35(38)16-33(17-35)6-1-9-39-18-33)29-27(37)28-23(14-40-29)30(47)44-32(43-28)48-19-34-7-2-10-46(34)11-3-8-34/h12-15,39H,1-11,16-19H2,(H,42,45)(H,43,44,47). The van der Waals surface area contributed by atoms with E-state index in [9.17, 15) is 4.79 Å². The highest BCUT2D eigenvalue weighted by atomic mass is 35.5. The Hall–Kier alpha value is -3.94. The molecule has 49 heavy (non-hydrogen) atoms. The van der Waals surface area contributed by atoms with Gasteiger partial charge < -0.3 is 14.5 Å². The van der Waals surface area contributed by atoms with E-state index >= 15 is 8.78 Å². The monoisotopic (exact) mass is 690 g/mol. The molecule has 1 aromatic carbocycles. The Morgan fingerprint density at radius 3 is 2.67 bits per heavy atom. The molecule has 3 saturated heterocycles. The van der Waals surface area contributed by atoms with Gasteiger partial charge in [0.15, 0.2) is 11.5 Å². The summed E-state index contributed by atoms with van der Waals surface area (Å²) >= 11 is 6.84. The van der Waals surface area contributed by atoms with Gasteiger partial charge in [-0.2, -0.15) is 10.1 Å². The smallest absolute Gasteiger partial charge is 0.297 e. The van der Waals surface area contributed by atoms with Crippen molar-refractivity contribution in [2.45, 2.75) is 75.4 Å². The summed E-state index contributed by atoms with van der Waals surface area (Å²) in [6, 6.07) is 1.71. The highest BCUT2D eigenvalue weighted by Crippen LogP contribution is 2.59. The zero-order valence-corrected chi connectivity index (χ0v) is 27.8. The van der Waals surface area contributed by atoms with Crippen LogP contribution in [-0.4, -0.2) is 73.4 Å². The molecule has 0 radical (unpaired) electrons. The van der Waals surface area contributed by atoms with Crippen molar-refractivity contribution in [3.05, 3.63) is 63.1 Å². The van der Waals surface area contributed by atoms with Crippen molar-refractivity contribution in [3.8, 4) is 17.3 Å². The number of alkyl halides is 1. The highest BCUT2D eigenvalue weighted by Gasteiger charge is 2.59. The number of aryl methyl sites for hydroxylation is 1. The normalized spacial score (nSPS) is 25.0. The average Bonchev–Trinajstić information content (AvgIpc) is 3.88. The molecule has 256 valence electrons. The first-order valence-electron chi connectivity index (χ1n) is 17.2. The van der Waals surface area contributed by atoms with E-state index in [4.69, 9.17) is 20.8 Å². The number of halogens is 3. The summed E-state index contributed by atoms with van der Waals surface area (Å²) in [5, 5.41) is 11.5. The Kier molecular flexibility index (Phi) is 7.33. The third kappa shape index (κ3) is 5.15. The van der Waals surface area contributed by atoms with Crippen molar-refractivity contribution in [1.82, 2.24) is 40.3 Å². The molecule has 0 unspecified atom stereocenters. The summed E-state index contributed by atoms with van der Waals surface area (Å²) in [7, 11) is 0. The lowest BCUT2D eigenvalue weighted by atomic mass is 9.57. The van der Waals surface area contributed by atoms with Gasteiger partial charge in [-0.15, -0.1) is 0 Å². The summed E-state index contributed by atoms with van der Waals surface area (Å²) in [5.74, 6) is -0.146. The Labute approximate surface area is 285 Å². The molecular weight excluding hydrogens is 654 g/mol. The topological polar surface area (TPSA) is 138 Å². The SMILES string of the molecule is O=c1[nH]c(OCC23CCCN2CCC3)nc2c(F)c(-c3c(CCc4cnc(C5(F)CC6(CCCNC6)C5)o4)c(Cl)cc4[nH]ncc34)ncc12. The third-order valence-corrected chi connectivity index (χ3v) is 11.8. The van der Waals surface area contributed by atoms with Gasteiger partial charge in [0.2, 0.25) is 5.89 Å². The molecule has 0 amide bonds. The molecule has 4 aliphatic rings.